The molecule has 2 N–H and O–H groups in total. The zero-order chi connectivity index (χ0) is 24.1. The molecule has 0 amide bonds. The molecule has 0 unspecified atom stereocenters. The zero-order valence-corrected chi connectivity index (χ0v) is 20.8. The highest BCUT2D eigenvalue weighted by atomic mass is 32.1. The number of fused-ring (bicyclic) bond motifs is 2. The maximum Gasteiger partial charge on any atom is 0.181 e. The number of likely N-dealkylation sites (tertiary alicyclic amines) is 1. The van der Waals surface area contributed by atoms with Crippen molar-refractivity contribution in [2.45, 2.75) is 26.3 Å². The van der Waals surface area contributed by atoms with Crippen molar-refractivity contribution in [3.63, 3.8) is 0 Å². The predicted octanol–water partition coefficient (Wildman–Crippen LogP) is 6.20. The highest BCUT2D eigenvalue weighted by Crippen LogP contribution is 2.36. The molecule has 0 radical (unpaired) electrons. The number of thiophene rings is 1. The summed E-state index contributed by atoms with van der Waals surface area (Å²) in [4.78, 5) is 22.4. The number of aromatic amines is 2. The van der Waals surface area contributed by atoms with Crippen molar-refractivity contribution in [3.05, 3.63) is 71.6 Å². The van der Waals surface area contributed by atoms with E-state index in [4.69, 9.17) is 0 Å². The third-order valence-corrected chi connectivity index (χ3v) is 7.94. The number of hydrogen-bond donors (Lipinski definition) is 2. The van der Waals surface area contributed by atoms with E-state index < -0.39 is 0 Å². The monoisotopic (exact) mass is 491 g/mol. The third kappa shape index (κ3) is 3.79. The van der Waals surface area contributed by atoms with E-state index in [0.717, 1.165) is 51.0 Å². The third-order valence-electron chi connectivity index (χ3n) is 6.93. The Morgan fingerprint density at radius 3 is 2.69 bits per heavy atom. The summed E-state index contributed by atoms with van der Waals surface area (Å²) in [5.41, 5.74) is 7.98. The van der Waals surface area contributed by atoms with Crippen LogP contribution >= 0.6 is 11.3 Å². The van der Waals surface area contributed by atoms with Gasteiger partial charge >= 0.3 is 0 Å². The van der Waals surface area contributed by atoms with Crippen LogP contribution in [0.1, 0.15) is 23.3 Å². The van der Waals surface area contributed by atoms with Crippen LogP contribution in [0, 0.1) is 6.92 Å². The van der Waals surface area contributed by atoms with Crippen LogP contribution in [0.3, 0.4) is 0 Å². The molecule has 6 aromatic rings. The van der Waals surface area contributed by atoms with Crippen molar-refractivity contribution in [1.82, 2.24) is 35.0 Å². The molecular weight excluding hydrogens is 466 g/mol. The number of aromatic nitrogens is 6. The summed E-state index contributed by atoms with van der Waals surface area (Å²) in [6, 6.07) is 12.8. The number of rotatable bonds is 5. The van der Waals surface area contributed by atoms with Crippen molar-refractivity contribution in [2.75, 3.05) is 13.1 Å². The smallest absolute Gasteiger partial charge is 0.181 e. The molecule has 7 rings (SSSR count). The van der Waals surface area contributed by atoms with Crippen LogP contribution in [0.25, 0.3) is 55.0 Å². The number of pyridine rings is 3. The van der Waals surface area contributed by atoms with E-state index in [0.29, 0.717) is 5.65 Å². The Hall–Kier alpha value is -3.88. The largest absolute Gasteiger partial charge is 0.353 e. The first-order chi connectivity index (χ1) is 17.7. The van der Waals surface area contributed by atoms with Crippen molar-refractivity contribution in [3.8, 4) is 33.1 Å². The van der Waals surface area contributed by atoms with Gasteiger partial charge in [0.25, 0.3) is 0 Å². The van der Waals surface area contributed by atoms with E-state index in [9.17, 15) is 0 Å². The predicted molar refractivity (Wildman–Crippen MR) is 145 cm³/mol. The Labute approximate surface area is 212 Å². The Kier molecular flexibility index (Phi) is 5.15. The van der Waals surface area contributed by atoms with Gasteiger partial charge in [-0.1, -0.05) is 0 Å². The van der Waals surface area contributed by atoms with Gasteiger partial charge in [-0.2, -0.15) is 5.10 Å². The van der Waals surface area contributed by atoms with Crippen LogP contribution in [0.4, 0.5) is 0 Å². The summed E-state index contributed by atoms with van der Waals surface area (Å²) in [7, 11) is 0. The topological polar surface area (TPSA) is 86.4 Å². The van der Waals surface area contributed by atoms with Crippen LogP contribution < -0.4 is 0 Å². The minimum absolute atomic E-state index is 0.695. The molecule has 0 bridgehead atoms. The molecule has 0 aliphatic carbocycles. The van der Waals surface area contributed by atoms with Crippen LogP contribution in [0.2, 0.25) is 0 Å². The molecule has 7 nitrogen and oxygen atoms in total. The Morgan fingerprint density at radius 1 is 0.944 bits per heavy atom. The first-order valence-corrected chi connectivity index (χ1v) is 13.1. The molecule has 0 spiro atoms. The second-order valence-electron chi connectivity index (χ2n) is 9.47. The normalized spacial score (nSPS) is 14.4. The van der Waals surface area contributed by atoms with E-state index in [1.807, 2.05) is 30.9 Å². The summed E-state index contributed by atoms with van der Waals surface area (Å²) in [5.74, 6) is 0. The number of nitrogens with one attached hydrogen (secondary N) is 2. The van der Waals surface area contributed by atoms with Gasteiger partial charge in [-0.25, -0.2) is 4.98 Å². The highest BCUT2D eigenvalue weighted by molar-refractivity contribution is 7.15. The minimum atomic E-state index is 0.695. The lowest BCUT2D eigenvalue weighted by atomic mass is 10.1. The molecule has 7 heterocycles. The van der Waals surface area contributed by atoms with Gasteiger partial charge < -0.3 is 4.98 Å². The van der Waals surface area contributed by atoms with Crippen molar-refractivity contribution < 1.29 is 0 Å². The fraction of sp³-hybridized carbons (Fsp3) is 0.214. The average Bonchev–Trinajstić information content (AvgIpc) is 3.70. The second-order valence-corrected chi connectivity index (χ2v) is 10.8. The van der Waals surface area contributed by atoms with Crippen LogP contribution in [-0.4, -0.2) is 48.1 Å². The summed E-state index contributed by atoms with van der Waals surface area (Å²) < 4.78 is 0. The van der Waals surface area contributed by atoms with Gasteiger partial charge in [0.15, 0.2) is 5.65 Å². The van der Waals surface area contributed by atoms with E-state index in [1.165, 1.54) is 41.2 Å². The highest BCUT2D eigenvalue weighted by Gasteiger charge is 2.17. The summed E-state index contributed by atoms with van der Waals surface area (Å²) in [5, 5.41) is 9.76. The Balaban J connectivity index is 1.28. The fourth-order valence-corrected chi connectivity index (χ4v) is 6.02. The van der Waals surface area contributed by atoms with Gasteiger partial charge in [0.1, 0.15) is 0 Å². The number of nitrogens with zero attached hydrogens (tertiary/aromatic N) is 5. The molecule has 178 valence electrons. The molecular formula is C28H25N7S. The fourth-order valence-electron chi connectivity index (χ4n) is 5.14. The lowest BCUT2D eigenvalue weighted by molar-refractivity contribution is 0.331. The van der Waals surface area contributed by atoms with E-state index >= 15 is 0 Å². The van der Waals surface area contributed by atoms with Crippen LogP contribution in [0.15, 0.2) is 61.2 Å². The average molecular weight is 492 g/mol. The van der Waals surface area contributed by atoms with Crippen LogP contribution in [0.5, 0.6) is 0 Å². The summed E-state index contributed by atoms with van der Waals surface area (Å²) in [6.45, 7) is 5.41. The first kappa shape index (κ1) is 21.4. The maximum atomic E-state index is 4.69. The van der Waals surface area contributed by atoms with Crippen molar-refractivity contribution in [2.24, 2.45) is 0 Å². The molecule has 6 aromatic heterocycles. The van der Waals surface area contributed by atoms with Gasteiger partial charge in [-0.05, 0) is 74.8 Å². The molecule has 1 aliphatic rings. The molecule has 0 saturated carbocycles. The molecule has 8 heteroatoms. The van der Waals surface area contributed by atoms with E-state index in [1.54, 1.807) is 11.3 Å². The SMILES string of the molecule is Cc1ccc(-c2nccc3[nH]c(-c4[nH]nc5ncc(-c6cncc(CN7CCCC7)c6)cc45)cc23)s1. The first-order valence-electron chi connectivity index (χ1n) is 12.3. The van der Waals surface area contributed by atoms with Crippen molar-refractivity contribution in [1.29, 1.82) is 0 Å². The van der Waals surface area contributed by atoms with E-state index in [2.05, 4.69) is 72.3 Å². The Morgan fingerprint density at radius 2 is 1.83 bits per heavy atom. The summed E-state index contributed by atoms with van der Waals surface area (Å²) >= 11 is 1.76. The van der Waals surface area contributed by atoms with Gasteiger partial charge in [-0.3, -0.25) is 20.0 Å². The molecule has 36 heavy (non-hydrogen) atoms. The number of hydrogen-bond acceptors (Lipinski definition) is 6. The van der Waals surface area contributed by atoms with Crippen molar-refractivity contribution >= 4 is 33.3 Å². The molecule has 1 saturated heterocycles. The summed E-state index contributed by atoms with van der Waals surface area (Å²) in [6.07, 6.45) is 10.2. The van der Waals surface area contributed by atoms with Crippen LogP contribution in [-0.2, 0) is 6.54 Å². The van der Waals surface area contributed by atoms with Gasteiger partial charge in [0.2, 0.25) is 0 Å². The second kappa shape index (κ2) is 8.65. The standard InChI is InChI=1S/C28H25N7S/c1-17-4-5-25(36-17)27-21-12-24(32-23(21)6-7-30-27)26-22-11-20(15-31-28(22)34-33-26)19-10-18(13-29-14-19)16-35-8-2-3-9-35/h4-7,10-15,32H,2-3,8-9,16H2,1H3,(H,31,33,34). The molecule has 1 aliphatic heterocycles. The quantitative estimate of drug-likeness (QED) is 0.300. The Bertz CT molecular complexity index is 1700. The molecule has 0 aromatic carbocycles. The lowest BCUT2D eigenvalue weighted by Crippen LogP contribution is -2.18. The molecule has 0 atom stereocenters. The van der Waals surface area contributed by atoms with Gasteiger partial charge in [0.05, 0.1) is 22.0 Å². The lowest BCUT2D eigenvalue weighted by Gasteiger charge is -2.14. The molecule has 1 fully saturated rings. The minimum Gasteiger partial charge on any atom is -0.353 e. The maximum absolute atomic E-state index is 4.69. The van der Waals surface area contributed by atoms with Gasteiger partial charge in [-0.15, -0.1) is 11.3 Å². The zero-order valence-electron chi connectivity index (χ0n) is 20.0. The number of aryl methyl sites for hydroxylation is 1. The number of H-pyrrole nitrogens is 2. The van der Waals surface area contributed by atoms with Gasteiger partial charge in [0, 0.05) is 63.6 Å². The van der Waals surface area contributed by atoms with E-state index in [-0.39, 0.29) is 0 Å².